The number of rotatable bonds is 4. The fourth-order valence-corrected chi connectivity index (χ4v) is 4.35. The van der Waals surface area contributed by atoms with Gasteiger partial charge in [0.05, 0.1) is 23.8 Å². The van der Waals surface area contributed by atoms with E-state index in [2.05, 4.69) is 17.0 Å². The second-order valence-corrected chi connectivity index (χ2v) is 7.72. The SMILES string of the molecule is CCN1C(=O)/C(=C/c2cccn2C)SC1=Nc1ccc(N2CCOCC2)cc1. The van der Waals surface area contributed by atoms with E-state index in [4.69, 9.17) is 9.73 Å². The summed E-state index contributed by atoms with van der Waals surface area (Å²) in [7, 11) is 1.97. The van der Waals surface area contributed by atoms with Gasteiger partial charge in [0.2, 0.25) is 0 Å². The zero-order chi connectivity index (χ0) is 19.5. The van der Waals surface area contributed by atoms with Crippen molar-refractivity contribution < 1.29 is 9.53 Å². The Morgan fingerprint density at radius 3 is 2.57 bits per heavy atom. The first-order valence-electron chi connectivity index (χ1n) is 9.50. The number of nitrogens with zero attached hydrogens (tertiary/aromatic N) is 4. The van der Waals surface area contributed by atoms with Crippen LogP contribution < -0.4 is 4.90 Å². The van der Waals surface area contributed by atoms with Crippen molar-refractivity contribution in [3.8, 4) is 0 Å². The molecule has 3 heterocycles. The summed E-state index contributed by atoms with van der Waals surface area (Å²) < 4.78 is 7.41. The molecule has 6 nitrogen and oxygen atoms in total. The van der Waals surface area contributed by atoms with E-state index in [9.17, 15) is 4.79 Å². The topological polar surface area (TPSA) is 50.1 Å². The van der Waals surface area contributed by atoms with Crippen molar-refractivity contribution in [1.29, 1.82) is 0 Å². The third-order valence-corrected chi connectivity index (χ3v) is 5.92. The highest BCUT2D eigenvalue weighted by Gasteiger charge is 2.32. The average molecular weight is 397 g/mol. The molecule has 0 aliphatic carbocycles. The summed E-state index contributed by atoms with van der Waals surface area (Å²) in [6.07, 6.45) is 3.90. The number of anilines is 1. The van der Waals surface area contributed by atoms with E-state index >= 15 is 0 Å². The lowest BCUT2D eigenvalue weighted by Crippen LogP contribution is -2.36. The van der Waals surface area contributed by atoms with Crippen LogP contribution in [0.3, 0.4) is 0 Å². The van der Waals surface area contributed by atoms with Crippen LogP contribution in [0.15, 0.2) is 52.5 Å². The molecule has 28 heavy (non-hydrogen) atoms. The Morgan fingerprint density at radius 1 is 1.18 bits per heavy atom. The third-order valence-electron chi connectivity index (χ3n) is 4.92. The van der Waals surface area contributed by atoms with Gasteiger partial charge in [0.25, 0.3) is 5.91 Å². The van der Waals surface area contributed by atoms with Gasteiger partial charge in [0.15, 0.2) is 5.17 Å². The van der Waals surface area contributed by atoms with Gasteiger partial charge in [-0.2, -0.15) is 0 Å². The van der Waals surface area contributed by atoms with Crippen LogP contribution in [0.25, 0.3) is 6.08 Å². The van der Waals surface area contributed by atoms with E-state index in [1.165, 1.54) is 17.4 Å². The molecule has 2 aliphatic rings. The molecule has 146 valence electrons. The Morgan fingerprint density at radius 2 is 1.93 bits per heavy atom. The standard InChI is InChI=1S/C21H24N4O2S/c1-3-25-20(26)19(15-18-5-4-10-23(18)2)28-21(25)22-16-6-8-17(9-7-16)24-11-13-27-14-12-24/h4-10,15H,3,11-14H2,1-2H3/b19-15-,22-21?. The molecule has 0 unspecified atom stereocenters. The molecule has 0 bridgehead atoms. The number of hydrogen-bond donors (Lipinski definition) is 0. The summed E-state index contributed by atoms with van der Waals surface area (Å²) in [6, 6.07) is 12.2. The van der Waals surface area contributed by atoms with Crippen LogP contribution in [-0.4, -0.2) is 53.4 Å². The lowest BCUT2D eigenvalue weighted by atomic mass is 10.2. The number of carbonyl (C=O) groups is 1. The third kappa shape index (κ3) is 3.86. The van der Waals surface area contributed by atoms with Crippen LogP contribution in [0, 0.1) is 0 Å². The van der Waals surface area contributed by atoms with Crippen LogP contribution in [0.1, 0.15) is 12.6 Å². The molecule has 2 saturated heterocycles. The van der Waals surface area contributed by atoms with E-state index in [1.807, 2.05) is 55.1 Å². The Hall–Kier alpha value is -2.51. The van der Waals surface area contributed by atoms with Crippen molar-refractivity contribution in [3.63, 3.8) is 0 Å². The second-order valence-electron chi connectivity index (χ2n) is 6.71. The van der Waals surface area contributed by atoms with Gasteiger partial charge >= 0.3 is 0 Å². The molecule has 1 aromatic carbocycles. The largest absolute Gasteiger partial charge is 0.378 e. The van der Waals surface area contributed by atoms with Crippen molar-refractivity contribution >= 4 is 40.3 Å². The summed E-state index contributed by atoms with van der Waals surface area (Å²) in [4.78, 5) is 22.3. The maximum absolute atomic E-state index is 12.8. The lowest BCUT2D eigenvalue weighted by molar-refractivity contribution is -0.122. The molecule has 0 atom stereocenters. The smallest absolute Gasteiger partial charge is 0.266 e. The van der Waals surface area contributed by atoms with Crippen LogP contribution in [0.4, 0.5) is 11.4 Å². The molecule has 0 radical (unpaired) electrons. The molecule has 0 spiro atoms. The summed E-state index contributed by atoms with van der Waals surface area (Å²) in [5, 5.41) is 0.729. The first-order valence-corrected chi connectivity index (χ1v) is 10.3. The number of thioether (sulfide) groups is 1. The fourth-order valence-electron chi connectivity index (χ4n) is 3.30. The zero-order valence-electron chi connectivity index (χ0n) is 16.2. The number of likely N-dealkylation sites (N-methyl/N-ethyl adjacent to an activating group) is 1. The molecule has 2 aromatic rings. The first-order chi connectivity index (χ1) is 13.7. The number of amides is 1. The predicted octanol–water partition coefficient (Wildman–Crippen LogP) is 3.49. The number of benzene rings is 1. The van der Waals surface area contributed by atoms with Crippen molar-refractivity contribution in [2.24, 2.45) is 12.0 Å². The summed E-state index contributed by atoms with van der Waals surface area (Å²) >= 11 is 1.43. The van der Waals surface area contributed by atoms with Gasteiger partial charge < -0.3 is 14.2 Å². The van der Waals surface area contributed by atoms with Gasteiger partial charge in [-0.3, -0.25) is 9.69 Å². The molecule has 0 saturated carbocycles. The number of aryl methyl sites for hydroxylation is 1. The highest BCUT2D eigenvalue weighted by Crippen LogP contribution is 2.34. The minimum Gasteiger partial charge on any atom is -0.378 e. The average Bonchev–Trinajstić information content (AvgIpc) is 3.26. The molecule has 4 rings (SSSR count). The maximum Gasteiger partial charge on any atom is 0.266 e. The summed E-state index contributed by atoms with van der Waals surface area (Å²) in [5.41, 5.74) is 3.04. The van der Waals surface area contributed by atoms with E-state index < -0.39 is 0 Å². The monoisotopic (exact) mass is 396 g/mol. The van der Waals surface area contributed by atoms with E-state index in [0.29, 0.717) is 11.4 Å². The minimum atomic E-state index is 0.0115. The Kier molecular flexibility index (Phi) is 5.54. The van der Waals surface area contributed by atoms with Crippen molar-refractivity contribution in [2.75, 3.05) is 37.7 Å². The van der Waals surface area contributed by atoms with Crippen LogP contribution in [0.5, 0.6) is 0 Å². The van der Waals surface area contributed by atoms with Gasteiger partial charge in [-0.05, 0) is 61.2 Å². The normalized spacial score (nSPS) is 20.6. The highest BCUT2D eigenvalue weighted by atomic mass is 32.2. The van der Waals surface area contributed by atoms with Gasteiger partial charge in [-0.25, -0.2) is 4.99 Å². The number of hydrogen-bond acceptors (Lipinski definition) is 5. The van der Waals surface area contributed by atoms with Crippen LogP contribution in [0.2, 0.25) is 0 Å². The Bertz CT molecular complexity index is 911. The molecule has 1 amide bonds. The summed E-state index contributed by atoms with van der Waals surface area (Å²) in [6.45, 7) is 5.93. The molecule has 1 aromatic heterocycles. The Balaban J connectivity index is 1.55. The van der Waals surface area contributed by atoms with Gasteiger partial charge in [0, 0.05) is 44.3 Å². The molecular formula is C21H24N4O2S. The fraction of sp³-hybridized carbons (Fsp3) is 0.333. The van der Waals surface area contributed by atoms with Crippen molar-refractivity contribution in [3.05, 3.63) is 53.2 Å². The second kappa shape index (κ2) is 8.24. The summed E-state index contributed by atoms with van der Waals surface area (Å²) in [5.74, 6) is 0.0115. The van der Waals surface area contributed by atoms with Crippen molar-refractivity contribution in [1.82, 2.24) is 9.47 Å². The minimum absolute atomic E-state index is 0.0115. The quantitative estimate of drug-likeness (QED) is 0.743. The number of morpholine rings is 1. The van der Waals surface area contributed by atoms with Gasteiger partial charge in [-0.1, -0.05) is 0 Å². The number of aromatic nitrogens is 1. The van der Waals surface area contributed by atoms with E-state index in [-0.39, 0.29) is 5.91 Å². The van der Waals surface area contributed by atoms with Gasteiger partial charge in [-0.15, -0.1) is 0 Å². The number of amidine groups is 1. The number of carbonyl (C=O) groups excluding carboxylic acids is 1. The van der Waals surface area contributed by atoms with E-state index in [0.717, 1.165) is 42.9 Å². The van der Waals surface area contributed by atoms with Crippen LogP contribution in [-0.2, 0) is 16.6 Å². The molecule has 0 N–H and O–H groups in total. The maximum atomic E-state index is 12.8. The zero-order valence-corrected chi connectivity index (χ0v) is 17.0. The molecule has 2 aliphatic heterocycles. The molecule has 2 fully saturated rings. The van der Waals surface area contributed by atoms with Crippen LogP contribution >= 0.6 is 11.8 Å². The number of ether oxygens (including phenoxy) is 1. The lowest BCUT2D eigenvalue weighted by Gasteiger charge is -2.28. The Labute approximate surface area is 169 Å². The first kappa shape index (κ1) is 18.8. The molecular weight excluding hydrogens is 372 g/mol. The molecule has 7 heteroatoms. The van der Waals surface area contributed by atoms with Crippen molar-refractivity contribution in [2.45, 2.75) is 6.92 Å². The predicted molar refractivity (Wildman–Crippen MR) is 115 cm³/mol. The van der Waals surface area contributed by atoms with E-state index in [1.54, 1.807) is 4.90 Å². The van der Waals surface area contributed by atoms with Gasteiger partial charge in [0.1, 0.15) is 0 Å². The highest BCUT2D eigenvalue weighted by molar-refractivity contribution is 8.18. The number of aliphatic imine (C=N–C) groups is 1.